The van der Waals surface area contributed by atoms with Gasteiger partial charge in [0.05, 0.1) is 0 Å². The molecule has 4 rings (SSSR count). The quantitative estimate of drug-likeness (QED) is 0.673. The number of aromatic nitrogens is 4. The number of tetrazole rings is 1. The lowest BCUT2D eigenvalue weighted by atomic mass is 10.2. The van der Waals surface area contributed by atoms with Gasteiger partial charge in [0.1, 0.15) is 12.4 Å². The van der Waals surface area contributed by atoms with Crippen LogP contribution in [0.25, 0.3) is 11.4 Å². The SMILES string of the molecule is O=C(Cn1nnc(-c2ccc(Cl)cc2)n1)N1CCN(c2ccc(F)cc2)CC1. The monoisotopic (exact) mass is 400 g/mol. The zero-order valence-electron chi connectivity index (χ0n) is 15.0. The number of anilines is 1. The van der Waals surface area contributed by atoms with Gasteiger partial charge >= 0.3 is 0 Å². The minimum absolute atomic E-state index is 0.0388. The Hall–Kier alpha value is -3.00. The molecule has 0 saturated carbocycles. The summed E-state index contributed by atoms with van der Waals surface area (Å²) in [6.07, 6.45) is 0. The minimum Gasteiger partial charge on any atom is -0.368 e. The lowest BCUT2D eigenvalue weighted by molar-refractivity contribution is -0.132. The Balaban J connectivity index is 1.33. The van der Waals surface area contributed by atoms with E-state index in [2.05, 4.69) is 20.3 Å². The topological polar surface area (TPSA) is 67.2 Å². The highest BCUT2D eigenvalue weighted by Crippen LogP contribution is 2.18. The fourth-order valence-corrected chi connectivity index (χ4v) is 3.24. The van der Waals surface area contributed by atoms with Crippen LogP contribution < -0.4 is 4.90 Å². The molecule has 1 amide bonds. The van der Waals surface area contributed by atoms with Crippen LogP contribution in [-0.2, 0) is 11.3 Å². The average Bonchev–Trinajstić information content (AvgIpc) is 3.18. The Morgan fingerprint density at radius 2 is 1.68 bits per heavy atom. The molecule has 7 nitrogen and oxygen atoms in total. The number of nitrogens with zero attached hydrogens (tertiary/aromatic N) is 6. The van der Waals surface area contributed by atoms with Crippen molar-refractivity contribution < 1.29 is 9.18 Å². The molecular weight excluding hydrogens is 383 g/mol. The number of piperazine rings is 1. The van der Waals surface area contributed by atoms with E-state index in [-0.39, 0.29) is 18.3 Å². The van der Waals surface area contributed by atoms with E-state index >= 15 is 0 Å². The number of amides is 1. The molecule has 1 fully saturated rings. The molecule has 0 bridgehead atoms. The second-order valence-corrected chi connectivity index (χ2v) is 6.93. The van der Waals surface area contributed by atoms with Crippen molar-refractivity contribution in [3.05, 3.63) is 59.4 Å². The fraction of sp³-hybridized carbons (Fsp3) is 0.263. The van der Waals surface area contributed by atoms with Crippen LogP contribution in [0.2, 0.25) is 5.02 Å². The average molecular weight is 401 g/mol. The van der Waals surface area contributed by atoms with Gasteiger partial charge in [0.25, 0.3) is 0 Å². The Bertz CT molecular complexity index is 951. The van der Waals surface area contributed by atoms with Gasteiger partial charge in [0, 0.05) is 42.5 Å². The first kappa shape index (κ1) is 18.4. The van der Waals surface area contributed by atoms with Crippen LogP contribution >= 0.6 is 11.6 Å². The molecule has 1 aromatic heterocycles. The predicted molar refractivity (Wildman–Crippen MR) is 103 cm³/mol. The van der Waals surface area contributed by atoms with Crippen molar-refractivity contribution in [2.45, 2.75) is 6.54 Å². The summed E-state index contributed by atoms with van der Waals surface area (Å²) >= 11 is 5.88. The van der Waals surface area contributed by atoms with Gasteiger partial charge < -0.3 is 9.80 Å². The van der Waals surface area contributed by atoms with Gasteiger partial charge in [-0.25, -0.2) is 4.39 Å². The van der Waals surface area contributed by atoms with Crippen molar-refractivity contribution in [3.63, 3.8) is 0 Å². The van der Waals surface area contributed by atoms with Crippen LogP contribution in [0.4, 0.5) is 10.1 Å². The van der Waals surface area contributed by atoms with Crippen molar-refractivity contribution in [2.75, 3.05) is 31.1 Å². The van der Waals surface area contributed by atoms with E-state index in [9.17, 15) is 9.18 Å². The summed E-state index contributed by atoms with van der Waals surface area (Å²) < 4.78 is 13.1. The van der Waals surface area contributed by atoms with Crippen LogP contribution in [-0.4, -0.2) is 57.2 Å². The molecule has 144 valence electrons. The predicted octanol–water partition coefficient (Wildman–Crippen LogP) is 2.48. The van der Waals surface area contributed by atoms with Gasteiger partial charge in [-0.3, -0.25) is 4.79 Å². The number of hydrogen-bond donors (Lipinski definition) is 0. The number of carbonyl (C=O) groups excluding carboxylic acids is 1. The van der Waals surface area contributed by atoms with Crippen LogP contribution in [0.1, 0.15) is 0 Å². The fourth-order valence-electron chi connectivity index (χ4n) is 3.11. The summed E-state index contributed by atoms with van der Waals surface area (Å²) in [6, 6.07) is 13.5. The molecule has 0 atom stereocenters. The third-order valence-electron chi connectivity index (χ3n) is 4.66. The summed E-state index contributed by atoms with van der Waals surface area (Å²) in [5, 5.41) is 12.9. The highest BCUT2D eigenvalue weighted by atomic mass is 35.5. The van der Waals surface area contributed by atoms with Crippen molar-refractivity contribution >= 4 is 23.2 Å². The third-order valence-corrected chi connectivity index (χ3v) is 4.91. The van der Waals surface area contributed by atoms with E-state index < -0.39 is 0 Å². The maximum Gasteiger partial charge on any atom is 0.246 e. The molecule has 28 heavy (non-hydrogen) atoms. The zero-order valence-corrected chi connectivity index (χ0v) is 15.8. The number of benzene rings is 2. The van der Waals surface area contributed by atoms with Gasteiger partial charge in [-0.1, -0.05) is 11.6 Å². The molecule has 0 radical (unpaired) electrons. The molecule has 1 aliphatic heterocycles. The molecule has 1 saturated heterocycles. The molecule has 3 aromatic rings. The van der Waals surface area contributed by atoms with E-state index in [1.54, 1.807) is 41.3 Å². The zero-order chi connectivity index (χ0) is 19.5. The van der Waals surface area contributed by atoms with Crippen LogP contribution in [0.3, 0.4) is 0 Å². The van der Waals surface area contributed by atoms with Crippen molar-refractivity contribution in [2.24, 2.45) is 0 Å². The van der Waals surface area contributed by atoms with E-state index in [0.717, 1.165) is 11.3 Å². The van der Waals surface area contributed by atoms with E-state index in [0.29, 0.717) is 37.0 Å². The summed E-state index contributed by atoms with van der Waals surface area (Å²) in [5.74, 6) is 0.139. The van der Waals surface area contributed by atoms with E-state index in [1.165, 1.54) is 16.9 Å². The van der Waals surface area contributed by atoms with E-state index in [4.69, 9.17) is 11.6 Å². The highest BCUT2D eigenvalue weighted by Gasteiger charge is 2.22. The first-order chi connectivity index (χ1) is 13.6. The lowest BCUT2D eigenvalue weighted by Gasteiger charge is -2.36. The molecule has 0 N–H and O–H groups in total. The van der Waals surface area contributed by atoms with Crippen molar-refractivity contribution in [1.82, 2.24) is 25.1 Å². The molecule has 1 aliphatic rings. The molecule has 2 aromatic carbocycles. The standard InChI is InChI=1S/C19H18ClFN6O/c20-15-3-1-14(2-4-15)19-22-24-27(23-19)13-18(28)26-11-9-25(10-12-26)17-7-5-16(21)6-8-17/h1-8H,9-13H2. The lowest BCUT2D eigenvalue weighted by Crippen LogP contribution is -2.49. The summed E-state index contributed by atoms with van der Waals surface area (Å²) in [4.78, 5) is 17.8. The first-order valence-corrected chi connectivity index (χ1v) is 9.28. The summed E-state index contributed by atoms with van der Waals surface area (Å²) in [5.41, 5.74) is 1.75. The van der Waals surface area contributed by atoms with Crippen LogP contribution in [0, 0.1) is 5.82 Å². The largest absolute Gasteiger partial charge is 0.368 e. The second-order valence-electron chi connectivity index (χ2n) is 6.49. The molecule has 2 heterocycles. The first-order valence-electron chi connectivity index (χ1n) is 8.90. The molecule has 0 aliphatic carbocycles. The second kappa shape index (κ2) is 7.93. The molecule has 9 heteroatoms. The Kier molecular flexibility index (Phi) is 5.21. The minimum atomic E-state index is -0.254. The maximum absolute atomic E-state index is 13.1. The molecular formula is C19H18ClFN6O. The number of carbonyl (C=O) groups is 1. The van der Waals surface area contributed by atoms with Gasteiger partial charge in [0.2, 0.25) is 11.7 Å². The molecule has 0 spiro atoms. The van der Waals surface area contributed by atoms with E-state index in [1.807, 2.05) is 0 Å². The number of rotatable bonds is 4. The van der Waals surface area contributed by atoms with Crippen molar-refractivity contribution in [1.29, 1.82) is 0 Å². The number of hydrogen-bond acceptors (Lipinski definition) is 5. The smallest absolute Gasteiger partial charge is 0.246 e. The summed E-state index contributed by atoms with van der Waals surface area (Å²) in [7, 11) is 0. The Morgan fingerprint density at radius 3 is 2.36 bits per heavy atom. The number of halogens is 2. The van der Waals surface area contributed by atoms with Gasteiger partial charge in [0.15, 0.2) is 0 Å². The molecule has 0 unspecified atom stereocenters. The van der Waals surface area contributed by atoms with Crippen LogP contribution in [0.5, 0.6) is 0 Å². The highest BCUT2D eigenvalue weighted by molar-refractivity contribution is 6.30. The third kappa shape index (κ3) is 4.12. The van der Waals surface area contributed by atoms with Crippen molar-refractivity contribution in [3.8, 4) is 11.4 Å². The van der Waals surface area contributed by atoms with Crippen LogP contribution in [0.15, 0.2) is 48.5 Å². The maximum atomic E-state index is 13.1. The summed E-state index contributed by atoms with van der Waals surface area (Å²) in [6.45, 7) is 2.61. The van der Waals surface area contributed by atoms with Gasteiger partial charge in [-0.15, -0.1) is 10.2 Å². The Morgan fingerprint density at radius 1 is 1.00 bits per heavy atom. The Labute approximate surface area is 166 Å². The normalized spacial score (nSPS) is 14.4. The van der Waals surface area contributed by atoms with Gasteiger partial charge in [-0.2, -0.15) is 4.80 Å². The van der Waals surface area contributed by atoms with Gasteiger partial charge in [-0.05, 0) is 53.7 Å².